The quantitative estimate of drug-likeness (QED) is 0.575. The number of urea groups is 1. The second kappa shape index (κ2) is 9.67. The Morgan fingerprint density at radius 1 is 0.971 bits per heavy atom. The number of piperidine rings is 1. The second-order valence-electron chi connectivity index (χ2n) is 8.86. The Morgan fingerprint density at radius 3 is 2.51 bits per heavy atom. The maximum atomic E-state index is 13.2. The van der Waals surface area contributed by atoms with Gasteiger partial charge in [-0.15, -0.1) is 0 Å². The minimum absolute atomic E-state index is 0.0180. The van der Waals surface area contributed by atoms with Crippen LogP contribution in [0.4, 0.5) is 10.5 Å². The van der Waals surface area contributed by atoms with Gasteiger partial charge in [-0.1, -0.05) is 18.2 Å². The number of anilines is 1. The number of amides is 3. The summed E-state index contributed by atoms with van der Waals surface area (Å²) >= 11 is 0. The standard InChI is InChI=1S/C24H28N6O4S/c31-23(18-6-5-11-29(17-18)24(32)27-19-7-2-1-3-8-19)28-12-14-30(15-13-28)35(33,34)21-16-26-22-20(21)9-4-10-25-22/h1-4,7-10,16,18H,5-6,11-15,17H2,(H,25,26)(H,27,32). The van der Waals surface area contributed by atoms with E-state index in [1.165, 1.54) is 10.5 Å². The summed E-state index contributed by atoms with van der Waals surface area (Å²) in [5.41, 5.74) is 1.24. The summed E-state index contributed by atoms with van der Waals surface area (Å²) in [4.78, 5) is 36.6. The van der Waals surface area contributed by atoms with Crippen molar-refractivity contribution < 1.29 is 18.0 Å². The number of fused-ring (bicyclic) bond motifs is 1. The van der Waals surface area contributed by atoms with E-state index in [0.29, 0.717) is 42.9 Å². The van der Waals surface area contributed by atoms with Crippen molar-refractivity contribution >= 4 is 38.7 Å². The van der Waals surface area contributed by atoms with E-state index in [4.69, 9.17) is 0 Å². The van der Waals surface area contributed by atoms with Crippen molar-refractivity contribution in [3.63, 3.8) is 0 Å². The number of carbonyl (C=O) groups excluding carboxylic acids is 2. The van der Waals surface area contributed by atoms with Gasteiger partial charge in [-0.05, 0) is 37.1 Å². The summed E-state index contributed by atoms with van der Waals surface area (Å²) in [7, 11) is -3.71. The molecule has 184 valence electrons. The van der Waals surface area contributed by atoms with E-state index in [1.807, 2.05) is 30.3 Å². The minimum atomic E-state index is -3.71. The van der Waals surface area contributed by atoms with Crippen LogP contribution >= 0.6 is 0 Å². The number of pyridine rings is 1. The van der Waals surface area contributed by atoms with Gasteiger partial charge in [0.15, 0.2) is 0 Å². The van der Waals surface area contributed by atoms with E-state index in [0.717, 1.165) is 12.8 Å². The second-order valence-corrected chi connectivity index (χ2v) is 10.8. The Balaban J connectivity index is 1.19. The fraction of sp³-hybridized carbons (Fsp3) is 0.375. The number of likely N-dealkylation sites (tertiary alicyclic amines) is 1. The zero-order valence-electron chi connectivity index (χ0n) is 19.3. The number of benzene rings is 1. The minimum Gasteiger partial charge on any atom is -0.345 e. The van der Waals surface area contributed by atoms with Gasteiger partial charge in [0, 0.05) is 62.7 Å². The van der Waals surface area contributed by atoms with Gasteiger partial charge >= 0.3 is 6.03 Å². The van der Waals surface area contributed by atoms with Crippen LogP contribution in [0.1, 0.15) is 12.8 Å². The number of para-hydroxylation sites is 1. The molecule has 0 bridgehead atoms. The lowest BCUT2D eigenvalue weighted by Gasteiger charge is -2.38. The van der Waals surface area contributed by atoms with Gasteiger partial charge in [0.25, 0.3) is 0 Å². The molecule has 3 amide bonds. The number of carbonyl (C=O) groups is 2. The summed E-state index contributed by atoms with van der Waals surface area (Å²) in [5, 5.41) is 3.44. The third-order valence-corrected chi connectivity index (χ3v) is 8.60. The molecule has 0 spiro atoms. The molecule has 2 N–H and O–H groups in total. The Kier molecular flexibility index (Phi) is 6.44. The maximum absolute atomic E-state index is 13.2. The molecule has 0 aliphatic carbocycles. The van der Waals surface area contributed by atoms with Gasteiger partial charge in [0.05, 0.1) is 5.92 Å². The van der Waals surface area contributed by atoms with Gasteiger partial charge in [-0.3, -0.25) is 4.79 Å². The van der Waals surface area contributed by atoms with Crippen molar-refractivity contribution in [3.8, 4) is 0 Å². The molecular formula is C24H28N6O4S. The molecule has 1 atom stereocenters. The van der Waals surface area contributed by atoms with E-state index < -0.39 is 10.0 Å². The molecule has 2 aliphatic heterocycles. The van der Waals surface area contributed by atoms with Crippen LogP contribution in [0.2, 0.25) is 0 Å². The molecule has 2 aromatic heterocycles. The van der Waals surface area contributed by atoms with Crippen LogP contribution in [0.15, 0.2) is 59.8 Å². The third kappa shape index (κ3) is 4.73. The Bertz CT molecular complexity index is 1320. The van der Waals surface area contributed by atoms with Crippen LogP contribution in [0.5, 0.6) is 0 Å². The van der Waals surface area contributed by atoms with Crippen molar-refractivity contribution in [1.29, 1.82) is 0 Å². The van der Waals surface area contributed by atoms with Crippen molar-refractivity contribution in [3.05, 3.63) is 54.9 Å². The Morgan fingerprint density at radius 2 is 1.74 bits per heavy atom. The SMILES string of the molecule is O=C(Nc1ccccc1)N1CCCC(C(=O)N2CCN(S(=O)(=O)c3c[nH]c4ncccc34)CC2)C1. The summed E-state index contributed by atoms with van der Waals surface area (Å²) in [5.74, 6) is -0.302. The zero-order chi connectivity index (χ0) is 24.4. The van der Waals surface area contributed by atoms with E-state index in [-0.39, 0.29) is 35.8 Å². The average Bonchev–Trinajstić information content (AvgIpc) is 3.34. The molecule has 1 unspecified atom stereocenters. The van der Waals surface area contributed by atoms with Gasteiger partial charge in [-0.2, -0.15) is 4.31 Å². The lowest BCUT2D eigenvalue weighted by molar-refractivity contribution is -0.138. The van der Waals surface area contributed by atoms with Crippen LogP contribution in [0.25, 0.3) is 11.0 Å². The number of rotatable bonds is 4. The molecule has 2 fully saturated rings. The molecule has 3 aromatic rings. The number of nitrogens with one attached hydrogen (secondary N) is 2. The third-order valence-electron chi connectivity index (χ3n) is 6.66. The fourth-order valence-electron chi connectivity index (χ4n) is 4.78. The highest BCUT2D eigenvalue weighted by atomic mass is 32.2. The molecule has 0 radical (unpaired) electrons. The first-order chi connectivity index (χ1) is 16.9. The van der Waals surface area contributed by atoms with Gasteiger partial charge in [0.1, 0.15) is 10.5 Å². The Labute approximate surface area is 204 Å². The monoisotopic (exact) mass is 496 g/mol. The average molecular weight is 497 g/mol. The van der Waals surface area contributed by atoms with E-state index >= 15 is 0 Å². The van der Waals surface area contributed by atoms with Gasteiger partial charge in [0.2, 0.25) is 15.9 Å². The van der Waals surface area contributed by atoms with E-state index in [9.17, 15) is 18.0 Å². The number of sulfonamides is 1. The van der Waals surface area contributed by atoms with Crippen LogP contribution < -0.4 is 5.32 Å². The molecule has 4 heterocycles. The molecule has 10 nitrogen and oxygen atoms in total. The predicted molar refractivity (Wildman–Crippen MR) is 131 cm³/mol. The normalized spacial score (nSPS) is 19.6. The molecule has 35 heavy (non-hydrogen) atoms. The maximum Gasteiger partial charge on any atom is 0.321 e. The summed E-state index contributed by atoms with van der Waals surface area (Å²) < 4.78 is 27.9. The summed E-state index contributed by atoms with van der Waals surface area (Å²) in [6, 6.07) is 12.5. The van der Waals surface area contributed by atoms with Crippen molar-refractivity contribution in [2.45, 2.75) is 17.7 Å². The molecule has 1 aromatic carbocycles. The van der Waals surface area contributed by atoms with E-state index in [2.05, 4.69) is 15.3 Å². The van der Waals surface area contributed by atoms with Crippen LogP contribution in [0.3, 0.4) is 0 Å². The molecule has 5 rings (SSSR count). The molecule has 0 saturated carbocycles. The van der Waals surface area contributed by atoms with Gasteiger partial charge in [-0.25, -0.2) is 18.2 Å². The summed E-state index contributed by atoms with van der Waals surface area (Å²) in [6.07, 6.45) is 4.55. The van der Waals surface area contributed by atoms with Crippen molar-refractivity contribution in [2.24, 2.45) is 5.92 Å². The predicted octanol–water partition coefficient (Wildman–Crippen LogP) is 2.34. The van der Waals surface area contributed by atoms with Gasteiger partial charge < -0.3 is 20.1 Å². The van der Waals surface area contributed by atoms with Crippen molar-refractivity contribution in [2.75, 3.05) is 44.6 Å². The first-order valence-corrected chi connectivity index (χ1v) is 13.2. The lowest BCUT2D eigenvalue weighted by Crippen LogP contribution is -2.54. The number of hydrogen-bond acceptors (Lipinski definition) is 5. The first-order valence-electron chi connectivity index (χ1n) is 11.8. The molecule has 11 heteroatoms. The molecule has 2 saturated heterocycles. The highest BCUT2D eigenvalue weighted by molar-refractivity contribution is 7.89. The first kappa shape index (κ1) is 23.3. The smallest absolute Gasteiger partial charge is 0.321 e. The van der Waals surface area contributed by atoms with Crippen LogP contribution in [-0.4, -0.2) is 83.7 Å². The topological polar surface area (TPSA) is 119 Å². The highest BCUT2D eigenvalue weighted by Crippen LogP contribution is 2.26. The number of H-pyrrole nitrogens is 1. The number of hydrogen-bond donors (Lipinski definition) is 2. The fourth-order valence-corrected chi connectivity index (χ4v) is 6.35. The van der Waals surface area contributed by atoms with E-state index in [1.54, 1.807) is 28.1 Å². The number of aromatic amines is 1. The largest absolute Gasteiger partial charge is 0.345 e. The highest BCUT2D eigenvalue weighted by Gasteiger charge is 2.35. The number of nitrogens with zero attached hydrogens (tertiary/aromatic N) is 4. The zero-order valence-corrected chi connectivity index (χ0v) is 20.1. The summed E-state index contributed by atoms with van der Waals surface area (Å²) in [6.45, 7) is 2.07. The molecule has 2 aliphatic rings. The number of aromatic nitrogens is 2. The Hall–Kier alpha value is -3.44. The lowest BCUT2D eigenvalue weighted by atomic mass is 9.96. The molecular weight excluding hydrogens is 468 g/mol. The van der Waals surface area contributed by atoms with Crippen molar-refractivity contribution in [1.82, 2.24) is 24.1 Å². The number of piperazine rings is 1. The van der Waals surface area contributed by atoms with Crippen LogP contribution in [0, 0.1) is 5.92 Å². The van der Waals surface area contributed by atoms with Crippen LogP contribution in [-0.2, 0) is 14.8 Å².